The third-order valence-electron chi connectivity index (χ3n) is 2.57. The first-order valence-electron chi connectivity index (χ1n) is 5.32. The SMILES string of the molecule is COc1cccc(C)c1CC(C)CSC#N. The van der Waals surface area contributed by atoms with Crippen molar-refractivity contribution in [1.29, 1.82) is 5.26 Å². The van der Waals surface area contributed by atoms with Crippen molar-refractivity contribution in [1.82, 2.24) is 0 Å². The zero-order chi connectivity index (χ0) is 12.0. The number of methoxy groups -OCH3 is 1. The summed E-state index contributed by atoms with van der Waals surface area (Å²) in [6.45, 7) is 4.26. The van der Waals surface area contributed by atoms with Crippen LogP contribution in [0.15, 0.2) is 18.2 Å². The molecule has 1 unspecified atom stereocenters. The number of hydrogen-bond donors (Lipinski definition) is 0. The zero-order valence-electron chi connectivity index (χ0n) is 9.99. The molecule has 0 spiro atoms. The van der Waals surface area contributed by atoms with Gasteiger partial charge in [0, 0.05) is 5.75 Å². The largest absolute Gasteiger partial charge is 0.496 e. The van der Waals surface area contributed by atoms with Gasteiger partial charge in [0.15, 0.2) is 0 Å². The topological polar surface area (TPSA) is 33.0 Å². The Bertz CT molecular complexity index is 384. The fourth-order valence-corrected chi connectivity index (χ4v) is 2.19. The van der Waals surface area contributed by atoms with Crippen LogP contribution in [-0.4, -0.2) is 12.9 Å². The minimum Gasteiger partial charge on any atom is -0.496 e. The molecule has 0 amide bonds. The fourth-order valence-electron chi connectivity index (χ4n) is 1.72. The van der Waals surface area contributed by atoms with Gasteiger partial charge in [0.2, 0.25) is 0 Å². The van der Waals surface area contributed by atoms with Gasteiger partial charge >= 0.3 is 0 Å². The number of thioether (sulfide) groups is 1. The highest BCUT2D eigenvalue weighted by Gasteiger charge is 2.10. The van der Waals surface area contributed by atoms with E-state index in [1.54, 1.807) is 7.11 Å². The van der Waals surface area contributed by atoms with Gasteiger partial charge in [0.25, 0.3) is 0 Å². The standard InChI is InChI=1S/C13H17NOS/c1-10(8-16-9-14)7-12-11(2)5-4-6-13(12)15-3/h4-6,10H,7-8H2,1-3H3. The molecule has 0 saturated carbocycles. The van der Waals surface area contributed by atoms with Crippen molar-refractivity contribution >= 4 is 11.8 Å². The number of ether oxygens (including phenoxy) is 1. The van der Waals surface area contributed by atoms with E-state index in [0.717, 1.165) is 17.9 Å². The number of hydrogen-bond acceptors (Lipinski definition) is 3. The smallest absolute Gasteiger partial charge is 0.133 e. The van der Waals surface area contributed by atoms with Crippen LogP contribution in [0.2, 0.25) is 0 Å². The molecule has 1 aromatic rings. The molecule has 0 aliphatic heterocycles. The molecule has 0 radical (unpaired) electrons. The van der Waals surface area contributed by atoms with Gasteiger partial charge in [0.1, 0.15) is 11.2 Å². The highest BCUT2D eigenvalue weighted by atomic mass is 32.2. The Morgan fingerprint density at radius 2 is 2.25 bits per heavy atom. The molecule has 3 heteroatoms. The van der Waals surface area contributed by atoms with Gasteiger partial charge < -0.3 is 4.74 Å². The first kappa shape index (κ1) is 12.9. The van der Waals surface area contributed by atoms with Crippen LogP contribution in [0, 0.1) is 23.5 Å². The summed E-state index contributed by atoms with van der Waals surface area (Å²) < 4.78 is 5.36. The second-order valence-corrected chi connectivity index (χ2v) is 4.77. The van der Waals surface area contributed by atoms with E-state index in [4.69, 9.17) is 10.00 Å². The Morgan fingerprint density at radius 3 is 2.88 bits per heavy atom. The molecule has 86 valence electrons. The minimum atomic E-state index is 0.486. The van der Waals surface area contributed by atoms with Crippen LogP contribution in [-0.2, 0) is 6.42 Å². The monoisotopic (exact) mass is 235 g/mol. The molecule has 0 aromatic heterocycles. The number of rotatable bonds is 5. The average molecular weight is 235 g/mol. The van der Waals surface area contributed by atoms with Crippen molar-refractivity contribution in [2.75, 3.05) is 12.9 Å². The quantitative estimate of drug-likeness (QED) is 0.733. The summed E-state index contributed by atoms with van der Waals surface area (Å²) in [4.78, 5) is 0. The summed E-state index contributed by atoms with van der Waals surface area (Å²) in [6, 6.07) is 6.10. The van der Waals surface area contributed by atoms with Crippen LogP contribution in [0.4, 0.5) is 0 Å². The van der Waals surface area contributed by atoms with Gasteiger partial charge in [0.05, 0.1) is 7.11 Å². The molecule has 0 aliphatic carbocycles. The molecular formula is C13H17NOS. The van der Waals surface area contributed by atoms with Gasteiger partial charge in [-0.1, -0.05) is 19.1 Å². The normalized spacial score (nSPS) is 11.9. The molecule has 1 rings (SSSR count). The molecular weight excluding hydrogens is 218 g/mol. The van der Waals surface area contributed by atoms with Crippen molar-refractivity contribution in [2.45, 2.75) is 20.3 Å². The van der Waals surface area contributed by atoms with Gasteiger partial charge in [-0.05, 0) is 48.2 Å². The second kappa shape index (κ2) is 6.44. The van der Waals surface area contributed by atoms with Crippen molar-refractivity contribution < 1.29 is 4.74 Å². The molecule has 1 aromatic carbocycles. The maximum Gasteiger partial charge on any atom is 0.133 e. The third kappa shape index (κ3) is 3.46. The second-order valence-electron chi connectivity index (χ2n) is 3.97. The van der Waals surface area contributed by atoms with Gasteiger partial charge in [-0.2, -0.15) is 5.26 Å². The van der Waals surface area contributed by atoms with E-state index in [2.05, 4.69) is 25.3 Å². The lowest BCUT2D eigenvalue weighted by Gasteiger charge is -2.15. The first-order chi connectivity index (χ1) is 7.69. The molecule has 0 aliphatic rings. The van der Waals surface area contributed by atoms with E-state index in [-0.39, 0.29) is 0 Å². The van der Waals surface area contributed by atoms with Crippen molar-refractivity contribution in [3.05, 3.63) is 29.3 Å². The average Bonchev–Trinajstić information content (AvgIpc) is 2.29. The van der Waals surface area contributed by atoms with Gasteiger partial charge in [-0.15, -0.1) is 0 Å². The third-order valence-corrected chi connectivity index (χ3v) is 3.44. The number of nitrogens with zero attached hydrogens (tertiary/aromatic N) is 1. The molecule has 0 fully saturated rings. The van der Waals surface area contributed by atoms with E-state index in [1.807, 2.05) is 12.1 Å². The molecule has 2 nitrogen and oxygen atoms in total. The summed E-state index contributed by atoms with van der Waals surface area (Å²) >= 11 is 1.32. The first-order valence-corrected chi connectivity index (χ1v) is 6.31. The van der Waals surface area contributed by atoms with Crippen molar-refractivity contribution in [3.8, 4) is 11.2 Å². The van der Waals surface area contributed by atoms with Gasteiger partial charge in [-0.25, -0.2) is 0 Å². The molecule has 16 heavy (non-hydrogen) atoms. The summed E-state index contributed by atoms with van der Waals surface area (Å²) in [5, 5.41) is 10.6. The van der Waals surface area contributed by atoms with E-state index in [9.17, 15) is 0 Å². The summed E-state index contributed by atoms with van der Waals surface area (Å²) in [5.41, 5.74) is 2.52. The Labute approximate surface area is 102 Å². The van der Waals surface area contributed by atoms with E-state index >= 15 is 0 Å². The van der Waals surface area contributed by atoms with Crippen molar-refractivity contribution in [2.24, 2.45) is 5.92 Å². The number of nitriles is 1. The Kier molecular flexibility index (Phi) is 5.21. The van der Waals surface area contributed by atoms with E-state index < -0.39 is 0 Å². The summed E-state index contributed by atoms with van der Waals surface area (Å²) in [6.07, 6.45) is 0.963. The van der Waals surface area contributed by atoms with Crippen LogP contribution in [0.3, 0.4) is 0 Å². The van der Waals surface area contributed by atoms with Crippen LogP contribution < -0.4 is 4.74 Å². The number of aryl methyl sites for hydroxylation is 1. The van der Waals surface area contributed by atoms with Crippen molar-refractivity contribution in [3.63, 3.8) is 0 Å². The molecule has 0 bridgehead atoms. The van der Waals surface area contributed by atoms with Crippen LogP contribution >= 0.6 is 11.8 Å². The Morgan fingerprint density at radius 1 is 1.50 bits per heavy atom. The lowest BCUT2D eigenvalue weighted by molar-refractivity contribution is 0.406. The Hall–Kier alpha value is -1.14. The maximum atomic E-state index is 8.52. The molecule has 0 saturated heterocycles. The number of thiocyanates is 1. The molecule has 1 atom stereocenters. The summed E-state index contributed by atoms with van der Waals surface area (Å²) in [5.74, 6) is 2.31. The van der Waals surface area contributed by atoms with Crippen LogP contribution in [0.25, 0.3) is 0 Å². The predicted octanol–water partition coefficient (Wildman–Crippen LogP) is 3.40. The molecule has 0 N–H and O–H groups in total. The lowest BCUT2D eigenvalue weighted by atomic mass is 9.98. The lowest BCUT2D eigenvalue weighted by Crippen LogP contribution is -2.05. The highest BCUT2D eigenvalue weighted by molar-refractivity contribution is 8.03. The van der Waals surface area contributed by atoms with E-state index in [1.165, 1.54) is 22.9 Å². The van der Waals surface area contributed by atoms with E-state index in [0.29, 0.717) is 5.92 Å². The summed E-state index contributed by atoms with van der Waals surface area (Å²) in [7, 11) is 1.70. The fraction of sp³-hybridized carbons (Fsp3) is 0.462. The number of benzene rings is 1. The highest BCUT2D eigenvalue weighted by Crippen LogP contribution is 2.25. The van der Waals surface area contributed by atoms with Crippen LogP contribution in [0.1, 0.15) is 18.1 Å². The molecule has 0 heterocycles. The Balaban J connectivity index is 2.76. The van der Waals surface area contributed by atoms with Crippen LogP contribution in [0.5, 0.6) is 5.75 Å². The van der Waals surface area contributed by atoms with Gasteiger partial charge in [-0.3, -0.25) is 0 Å². The zero-order valence-corrected chi connectivity index (χ0v) is 10.8. The maximum absolute atomic E-state index is 8.52. The minimum absolute atomic E-state index is 0.486. The predicted molar refractivity (Wildman–Crippen MR) is 68.7 cm³/mol.